The molecule has 1 aromatic carbocycles. The molecule has 1 aromatic rings. The topological polar surface area (TPSA) is 64.3 Å². The molecule has 1 fully saturated rings. The van der Waals surface area contributed by atoms with Crippen LogP contribution in [0.25, 0.3) is 0 Å². The number of nitrogens with one attached hydrogen (secondary N) is 1. The van der Waals surface area contributed by atoms with Gasteiger partial charge in [-0.2, -0.15) is 0 Å². The van der Waals surface area contributed by atoms with Gasteiger partial charge in [0.25, 0.3) is 0 Å². The maximum Gasteiger partial charge on any atom is 0.230 e. The molecule has 2 unspecified atom stereocenters. The van der Waals surface area contributed by atoms with Gasteiger partial charge in [-0.1, -0.05) is 12.2 Å². The van der Waals surface area contributed by atoms with Gasteiger partial charge >= 0.3 is 0 Å². The quantitative estimate of drug-likeness (QED) is 0.830. The molecule has 1 aliphatic rings. The highest BCUT2D eigenvalue weighted by Gasteiger charge is 2.31. The van der Waals surface area contributed by atoms with E-state index in [9.17, 15) is 9.18 Å². The lowest BCUT2D eigenvalue weighted by atomic mass is 10.0. The molecule has 4 nitrogen and oxygen atoms in total. The van der Waals surface area contributed by atoms with Crippen molar-refractivity contribution in [2.75, 3.05) is 11.9 Å². The molecule has 0 aromatic heterocycles. The first-order chi connectivity index (χ1) is 8.99. The van der Waals surface area contributed by atoms with Gasteiger partial charge in [0.15, 0.2) is 0 Å². The second-order valence-electron chi connectivity index (χ2n) is 4.51. The number of hydrogen-bond acceptors (Lipinski definition) is 3. The van der Waals surface area contributed by atoms with Crippen LogP contribution < -0.4 is 11.1 Å². The zero-order valence-corrected chi connectivity index (χ0v) is 11.3. The van der Waals surface area contributed by atoms with E-state index in [-0.39, 0.29) is 22.9 Å². The zero-order valence-electron chi connectivity index (χ0n) is 10.5. The van der Waals surface area contributed by atoms with Crippen LogP contribution in [0.5, 0.6) is 0 Å². The standard InChI is InChI=1S/C13H15FN2O2S/c1-7-9(4-5-18-7)13(17)16-11-3-2-8(14)6-10(11)12(15)19/h2-3,6-7,9H,4-5H2,1H3,(H2,15,19)(H,16,17). The Morgan fingerprint density at radius 3 is 2.89 bits per heavy atom. The number of carbonyl (C=O) groups is 1. The van der Waals surface area contributed by atoms with Crippen molar-refractivity contribution in [3.8, 4) is 0 Å². The monoisotopic (exact) mass is 282 g/mol. The van der Waals surface area contributed by atoms with Gasteiger partial charge in [0.1, 0.15) is 10.8 Å². The molecule has 102 valence electrons. The van der Waals surface area contributed by atoms with E-state index in [2.05, 4.69) is 5.32 Å². The van der Waals surface area contributed by atoms with Gasteiger partial charge < -0.3 is 15.8 Å². The van der Waals surface area contributed by atoms with E-state index in [1.165, 1.54) is 18.2 Å². The van der Waals surface area contributed by atoms with Gasteiger partial charge in [-0.25, -0.2) is 4.39 Å². The fourth-order valence-electron chi connectivity index (χ4n) is 2.13. The summed E-state index contributed by atoms with van der Waals surface area (Å²) in [6, 6.07) is 3.93. The van der Waals surface area contributed by atoms with Crippen molar-refractivity contribution in [1.82, 2.24) is 0 Å². The number of halogens is 1. The molecule has 3 N–H and O–H groups in total. The van der Waals surface area contributed by atoms with Crippen LogP contribution in [0.2, 0.25) is 0 Å². The van der Waals surface area contributed by atoms with Gasteiger partial charge in [0.05, 0.1) is 17.7 Å². The van der Waals surface area contributed by atoms with E-state index < -0.39 is 5.82 Å². The van der Waals surface area contributed by atoms with Gasteiger partial charge in [-0.3, -0.25) is 4.79 Å². The number of anilines is 1. The van der Waals surface area contributed by atoms with Crippen LogP contribution in [0.3, 0.4) is 0 Å². The third-order valence-electron chi connectivity index (χ3n) is 3.22. The van der Waals surface area contributed by atoms with Crippen LogP contribution in [-0.2, 0) is 9.53 Å². The van der Waals surface area contributed by atoms with Crippen LogP contribution in [-0.4, -0.2) is 23.6 Å². The Balaban J connectivity index is 2.19. The SMILES string of the molecule is CC1OCCC1C(=O)Nc1ccc(F)cc1C(N)=S. The number of ether oxygens (including phenoxy) is 1. The molecular formula is C13H15FN2O2S. The van der Waals surface area contributed by atoms with Gasteiger partial charge in [0, 0.05) is 12.2 Å². The summed E-state index contributed by atoms with van der Waals surface area (Å²) in [5.41, 5.74) is 6.29. The largest absolute Gasteiger partial charge is 0.389 e. The summed E-state index contributed by atoms with van der Waals surface area (Å²) < 4.78 is 18.5. The molecular weight excluding hydrogens is 267 g/mol. The summed E-state index contributed by atoms with van der Waals surface area (Å²) in [6.07, 6.45) is 0.560. The molecule has 6 heteroatoms. The third kappa shape index (κ3) is 3.08. The van der Waals surface area contributed by atoms with Crippen molar-refractivity contribution in [2.24, 2.45) is 11.7 Å². The summed E-state index contributed by atoms with van der Waals surface area (Å²) >= 11 is 4.86. The normalized spacial score (nSPS) is 22.2. The molecule has 1 amide bonds. The van der Waals surface area contributed by atoms with E-state index in [0.29, 0.717) is 24.3 Å². The fourth-order valence-corrected chi connectivity index (χ4v) is 2.30. The number of carbonyl (C=O) groups excluding carboxylic acids is 1. The Bertz CT molecular complexity index is 521. The maximum atomic E-state index is 13.2. The molecule has 0 aliphatic carbocycles. The molecule has 0 spiro atoms. The lowest BCUT2D eigenvalue weighted by Gasteiger charge is -2.16. The number of rotatable bonds is 3. The second-order valence-corrected chi connectivity index (χ2v) is 4.95. The van der Waals surface area contributed by atoms with Crippen LogP contribution in [0.15, 0.2) is 18.2 Å². The number of amides is 1. The highest BCUT2D eigenvalue weighted by molar-refractivity contribution is 7.80. The minimum Gasteiger partial charge on any atom is -0.389 e. The average molecular weight is 282 g/mol. The van der Waals surface area contributed by atoms with Crippen LogP contribution in [0.1, 0.15) is 18.9 Å². The van der Waals surface area contributed by atoms with Crippen LogP contribution in [0, 0.1) is 11.7 Å². The molecule has 1 heterocycles. The van der Waals surface area contributed by atoms with Crippen molar-refractivity contribution in [2.45, 2.75) is 19.4 Å². The Labute approximate surface area is 116 Å². The van der Waals surface area contributed by atoms with E-state index in [1.807, 2.05) is 6.92 Å². The lowest BCUT2D eigenvalue weighted by Crippen LogP contribution is -2.28. The summed E-state index contributed by atoms with van der Waals surface area (Å²) in [5.74, 6) is -0.809. The predicted octanol–water partition coefficient (Wildman–Crippen LogP) is 1.82. The molecule has 0 bridgehead atoms. The van der Waals surface area contributed by atoms with Gasteiger partial charge in [-0.15, -0.1) is 0 Å². The highest BCUT2D eigenvalue weighted by atomic mass is 32.1. The summed E-state index contributed by atoms with van der Waals surface area (Å²) in [7, 11) is 0. The van der Waals surface area contributed by atoms with Crippen LogP contribution in [0.4, 0.5) is 10.1 Å². The van der Waals surface area contributed by atoms with E-state index in [4.69, 9.17) is 22.7 Å². The average Bonchev–Trinajstić information content (AvgIpc) is 2.77. The Hall–Kier alpha value is -1.53. The highest BCUT2D eigenvalue weighted by Crippen LogP contribution is 2.24. The zero-order chi connectivity index (χ0) is 14.0. The molecule has 1 saturated heterocycles. The predicted molar refractivity (Wildman–Crippen MR) is 74.4 cm³/mol. The fraction of sp³-hybridized carbons (Fsp3) is 0.385. The summed E-state index contributed by atoms with van der Waals surface area (Å²) in [6.45, 7) is 2.43. The molecule has 0 radical (unpaired) electrons. The Morgan fingerprint density at radius 1 is 1.58 bits per heavy atom. The maximum absolute atomic E-state index is 13.2. The van der Waals surface area contributed by atoms with Gasteiger partial charge in [0.2, 0.25) is 5.91 Å². The first kappa shape index (κ1) is 13.9. The molecule has 0 saturated carbocycles. The third-order valence-corrected chi connectivity index (χ3v) is 3.44. The van der Waals surface area contributed by atoms with Crippen molar-refractivity contribution < 1.29 is 13.9 Å². The molecule has 2 atom stereocenters. The number of nitrogens with two attached hydrogens (primary N) is 1. The number of thiocarbonyl (C=S) groups is 1. The molecule has 1 aliphatic heterocycles. The minimum absolute atomic E-state index is 0.0468. The van der Waals surface area contributed by atoms with Crippen molar-refractivity contribution in [1.29, 1.82) is 0 Å². The Morgan fingerprint density at radius 2 is 2.32 bits per heavy atom. The Kier molecular flexibility index (Phi) is 4.11. The lowest BCUT2D eigenvalue weighted by molar-refractivity contribution is -0.121. The van der Waals surface area contributed by atoms with E-state index in [1.54, 1.807) is 0 Å². The first-order valence-corrected chi connectivity index (χ1v) is 6.41. The van der Waals surface area contributed by atoms with E-state index in [0.717, 1.165) is 0 Å². The molecule has 2 rings (SSSR count). The first-order valence-electron chi connectivity index (χ1n) is 6.01. The minimum atomic E-state index is -0.446. The second kappa shape index (κ2) is 5.63. The summed E-state index contributed by atoms with van der Waals surface area (Å²) in [5, 5.41) is 2.74. The van der Waals surface area contributed by atoms with E-state index >= 15 is 0 Å². The van der Waals surface area contributed by atoms with Gasteiger partial charge in [-0.05, 0) is 31.5 Å². The van der Waals surface area contributed by atoms with Crippen molar-refractivity contribution >= 4 is 28.8 Å². The summed E-state index contributed by atoms with van der Waals surface area (Å²) in [4.78, 5) is 12.2. The van der Waals surface area contributed by atoms with Crippen molar-refractivity contribution in [3.63, 3.8) is 0 Å². The number of benzene rings is 1. The molecule has 19 heavy (non-hydrogen) atoms. The smallest absolute Gasteiger partial charge is 0.230 e. The van der Waals surface area contributed by atoms with Crippen molar-refractivity contribution in [3.05, 3.63) is 29.6 Å². The van der Waals surface area contributed by atoms with Crippen LogP contribution >= 0.6 is 12.2 Å². The number of hydrogen-bond donors (Lipinski definition) is 2.